The third-order valence-electron chi connectivity index (χ3n) is 4.40. The lowest BCUT2D eigenvalue weighted by atomic mass is 9.72. The number of cyclic esters (lactones) is 1. The predicted molar refractivity (Wildman–Crippen MR) is 91.4 cm³/mol. The molecule has 0 radical (unpaired) electrons. The number of esters is 2. The standard InChI is InChI=1S/C18H21BrO5/c1-5-23-16(21)13-14(18(3,4)24-17(13)22)10(2)15(20)11-6-8-12(19)9-7-11/h6-10,13-14H,5H2,1-4H3/t10-,13+,14-/m1/s1. The highest BCUT2D eigenvalue weighted by Crippen LogP contribution is 2.43. The highest BCUT2D eigenvalue weighted by atomic mass is 79.9. The maximum atomic E-state index is 12.8. The largest absolute Gasteiger partial charge is 0.465 e. The number of ether oxygens (including phenoxy) is 2. The van der Waals surface area contributed by atoms with Gasteiger partial charge in [0.05, 0.1) is 6.61 Å². The summed E-state index contributed by atoms with van der Waals surface area (Å²) in [4.78, 5) is 37.2. The van der Waals surface area contributed by atoms with Crippen LogP contribution in [0.25, 0.3) is 0 Å². The lowest BCUT2D eigenvalue weighted by molar-refractivity contribution is -0.157. The molecule has 2 rings (SSSR count). The highest BCUT2D eigenvalue weighted by molar-refractivity contribution is 9.10. The molecule has 0 bridgehead atoms. The van der Waals surface area contributed by atoms with Gasteiger partial charge in [-0.15, -0.1) is 0 Å². The fourth-order valence-electron chi connectivity index (χ4n) is 3.34. The Balaban J connectivity index is 2.33. The molecule has 1 aromatic carbocycles. The second-order valence-electron chi connectivity index (χ2n) is 6.44. The van der Waals surface area contributed by atoms with Gasteiger partial charge in [-0.3, -0.25) is 14.4 Å². The molecule has 5 nitrogen and oxygen atoms in total. The minimum Gasteiger partial charge on any atom is -0.465 e. The number of benzene rings is 1. The van der Waals surface area contributed by atoms with E-state index in [-0.39, 0.29) is 12.4 Å². The molecule has 1 heterocycles. The first-order chi connectivity index (χ1) is 11.2. The molecule has 1 aliphatic heterocycles. The van der Waals surface area contributed by atoms with Crippen molar-refractivity contribution < 1.29 is 23.9 Å². The lowest BCUT2D eigenvalue weighted by Gasteiger charge is -2.30. The number of Topliss-reactive ketones (excluding diaryl/α,β-unsaturated/α-hetero) is 1. The van der Waals surface area contributed by atoms with Gasteiger partial charge in [0.2, 0.25) is 0 Å². The molecule has 0 aliphatic carbocycles. The molecule has 6 heteroatoms. The zero-order valence-electron chi connectivity index (χ0n) is 14.2. The van der Waals surface area contributed by atoms with E-state index < -0.39 is 35.3 Å². The maximum absolute atomic E-state index is 12.8. The van der Waals surface area contributed by atoms with Gasteiger partial charge < -0.3 is 9.47 Å². The van der Waals surface area contributed by atoms with Crippen molar-refractivity contribution in [3.8, 4) is 0 Å². The van der Waals surface area contributed by atoms with E-state index in [4.69, 9.17) is 9.47 Å². The van der Waals surface area contributed by atoms with Gasteiger partial charge in [0.1, 0.15) is 5.60 Å². The first kappa shape index (κ1) is 18.6. The van der Waals surface area contributed by atoms with E-state index in [1.54, 1.807) is 52.0 Å². The highest BCUT2D eigenvalue weighted by Gasteiger charge is 2.57. The van der Waals surface area contributed by atoms with E-state index in [9.17, 15) is 14.4 Å². The van der Waals surface area contributed by atoms with Crippen molar-refractivity contribution >= 4 is 33.7 Å². The molecule has 1 fully saturated rings. The number of carbonyl (C=O) groups is 3. The fraction of sp³-hybridized carbons (Fsp3) is 0.500. The van der Waals surface area contributed by atoms with Crippen LogP contribution in [-0.4, -0.2) is 29.9 Å². The van der Waals surface area contributed by atoms with E-state index in [0.717, 1.165) is 4.47 Å². The van der Waals surface area contributed by atoms with E-state index in [1.807, 2.05) is 0 Å². The number of hydrogen-bond acceptors (Lipinski definition) is 5. The number of ketones is 1. The van der Waals surface area contributed by atoms with Crippen LogP contribution >= 0.6 is 15.9 Å². The quantitative estimate of drug-likeness (QED) is 0.433. The Bertz CT molecular complexity index is 650. The summed E-state index contributed by atoms with van der Waals surface area (Å²) in [5.41, 5.74) is -0.387. The summed E-state index contributed by atoms with van der Waals surface area (Å²) < 4.78 is 11.3. The molecular weight excluding hydrogens is 376 g/mol. The summed E-state index contributed by atoms with van der Waals surface area (Å²) in [5.74, 6) is -3.61. The topological polar surface area (TPSA) is 69.7 Å². The van der Waals surface area contributed by atoms with E-state index in [1.165, 1.54) is 0 Å². The van der Waals surface area contributed by atoms with Crippen LogP contribution in [0.2, 0.25) is 0 Å². The average Bonchev–Trinajstić information content (AvgIpc) is 2.75. The van der Waals surface area contributed by atoms with Crippen LogP contribution in [-0.2, 0) is 19.1 Å². The van der Waals surface area contributed by atoms with Gasteiger partial charge in [-0.25, -0.2) is 0 Å². The first-order valence-corrected chi connectivity index (χ1v) is 8.67. The molecular formula is C18H21BrO5. The van der Waals surface area contributed by atoms with E-state index in [2.05, 4.69) is 15.9 Å². The molecule has 0 amide bonds. The van der Waals surface area contributed by atoms with Crippen molar-refractivity contribution in [2.24, 2.45) is 17.8 Å². The minimum atomic E-state index is -1.07. The van der Waals surface area contributed by atoms with Crippen LogP contribution in [0.15, 0.2) is 28.7 Å². The molecule has 1 saturated heterocycles. The smallest absolute Gasteiger partial charge is 0.321 e. The van der Waals surface area contributed by atoms with Gasteiger partial charge in [-0.2, -0.15) is 0 Å². The van der Waals surface area contributed by atoms with Gasteiger partial charge in [-0.05, 0) is 32.9 Å². The molecule has 0 saturated carbocycles. The third-order valence-corrected chi connectivity index (χ3v) is 4.93. The Labute approximate surface area is 149 Å². The normalized spacial score (nSPS) is 23.5. The Hall–Kier alpha value is -1.69. The van der Waals surface area contributed by atoms with Crippen LogP contribution in [0.4, 0.5) is 0 Å². The van der Waals surface area contributed by atoms with Crippen LogP contribution in [0.5, 0.6) is 0 Å². The van der Waals surface area contributed by atoms with Crippen LogP contribution in [0.1, 0.15) is 38.1 Å². The molecule has 3 atom stereocenters. The molecule has 0 unspecified atom stereocenters. The molecule has 130 valence electrons. The third kappa shape index (κ3) is 3.53. The number of hydrogen-bond donors (Lipinski definition) is 0. The monoisotopic (exact) mass is 396 g/mol. The van der Waals surface area contributed by atoms with Crippen molar-refractivity contribution in [1.82, 2.24) is 0 Å². The Kier molecular flexibility index (Phi) is 5.48. The number of rotatable bonds is 5. The molecule has 1 aromatic rings. The van der Waals surface area contributed by atoms with Gasteiger partial charge in [-0.1, -0.05) is 35.0 Å². The second kappa shape index (κ2) is 7.05. The summed E-state index contributed by atoms with van der Waals surface area (Å²) in [6, 6.07) is 6.99. The van der Waals surface area contributed by atoms with Crippen LogP contribution in [0, 0.1) is 17.8 Å². The number of carbonyl (C=O) groups excluding carboxylic acids is 3. The predicted octanol–water partition coefficient (Wildman–Crippen LogP) is 3.40. The van der Waals surface area contributed by atoms with Gasteiger partial charge in [0.15, 0.2) is 11.7 Å². The Morgan fingerprint density at radius 1 is 1.29 bits per heavy atom. The minimum absolute atomic E-state index is 0.131. The molecule has 0 N–H and O–H groups in total. The molecule has 0 spiro atoms. The summed E-state index contributed by atoms with van der Waals surface area (Å²) in [7, 11) is 0. The SMILES string of the molecule is CCOC(=O)[C@H]1C(=O)OC(C)(C)[C@@H]1[C@@H](C)C(=O)c1ccc(Br)cc1. The fourth-order valence-corrected chi connectivity index (χ4v) is 3.61. The van der Waals surface area contributed by atoms with Gasteiger partial charge in [0, 0.05) is 21.9 Å². The maximum Gasteiger partial charge on any atom is 0.321 e. The van der Waals surface area contributed by atoms with E-state index >= 15 is 0 Å². The Morgan fingerprint density at radius 3 is 2.42 bits per heavy atom. The molecule has 1 aliphatic rings. The van der Waals surface area contributed by atoms with Gasteiger partial charge >= 0.3 is 11.9 Å². The lowest BCUT2D eigenvalue weighted by Crippen LogP contribution is -2.41. The van der Waals surface area contributed by atoms with Crippen LogP contribution in [0.3, 0.4) is 0 Å². The van der Waals surface area contributed by atoms with Crippen molar-refractivity contribution in [3.05, 3.63) is 34.3 Å². The van der Waals surface area contributed by atoms with Crippen molar-refractivity contribution in [3.63, 3.8) is 0 Å². The van der Waals surface area contributed by atoms with Gasteiger partial charge in [0.25, 0.3) is 0 Å². The molecule has 24 heavy (non-hydrogen) atoms. The zero-order valence-corrected chi connectivity index (χ0v) is 15.8. The van der Waals surface area contributed by atoms with E-state index in [0.29, 0.717) is 5.56 Å². The molecule has 0 aromatic heterocycles. The number of halogens is 1. The average molecular weight is 397 g/mol. The Morgan fingerprint density at radius 2 is 1.88 bits per heavy atom. The summed E-state index contributed by atoms with van der Waals surface area (Å²) in [6.45, 7) is 7.02. The second-order valence-corrected chi connectivity index (χ2v) is 7.36. The van der Waals surface area contributed by atoms with Crippen molar-refractivity contribution in [2.45, 2.75) is 33.3 Å². The summed E-state index contributed by atoms with van der Waals surface area (Å²) in [5, 5.41) is 0. The summed E-state index contributed by atoms with van der Waals surface area (Å²) in [6.07, 6.45) is 0. The van der Waals surface area contributed by atoms with Crippen molar-refractivity contribution in [1.29, 1.82) is 0 Å². The first-order valence-electron chi connectivity index (χ1n) is 7.88. The summed E-state index contributed by atoms with van der Waals surface area (Å²) >= 11 is 3.33. The zero-order chi connectivity index (χ0) is 18.1. The van der Waals surface area contributed by atoms with Crippen LogP contribution < -0.4 is 0 Å². The van der Waals surface area contributed by atoms with Crippen molar-refractivity contribution in [2.75, 3.05) is 6.61 Å².